The molecule has 0 aliphatic rings. The summed E-state index contributed by atoms with van der Waals surface area (Å²) in [7, 11) is 0. The van der Waals surface area contributed by atoms with E-state index in [-0.39, 0.29) is 0 Å². The average molecular weight is 200 g/mol. The molecule has 3 nitrogen and oxygen atoms in total. The highest BCUT2D eigenvalue weighted by atomic mass is 16.5. The van der Waals surface area contributed by atoms with E-state index >= 15 is 0 Å². The highest BCUT2D eigenvalue weighted by Crippen LogP contribution is 2.21. The van der Waals surface area contributed by atoms with Gasteiger partial charge in [0.1, 0.15) is 0 Å². The largest absolute Gasteiger partial charge is 0.437 e. The molecule has 0 amide bonds. The Bertz CT molecular complexity index is 454. The quantitative estimate of drug-likeness (QED) is 0.747. The number of aromatic nitrogens is 2. The topological polar surface area (TPSA) is 35.0 Å². The molecule has 0 N–H and O–H groups in total. The smallest absolute Gasteiger partial charge is 0.219 e. The van der Waals surface area contributed by atoms with Crippen LogP contribution in [0.1, 0.15) is 11.4 Å². The summed E-state index contributed by atoms with van der Waals surface area (Å²) in [5.41, 5.74) is 1.86. The lowest BCUT2D eigenvalue weighted by Crippen LogP contribution is -1.93. The van der Waals surface area contributed by atoms with E-state index in [9.17, 15) is 0 Å². The molecule has 0 aliphatic carbocycles. The number of rotatable bonds is 2. The zero-order valence-corrected chi connectivity index (χ0v) is 8.77. The third-order valence-electron chi connectivity index (χ3n) is 2.03. The van der Waals surface area contributed by atoms with Crippen LogP contribution in [0.25, 0.3) is 0 Å². The van der Waals surface area contributed by atoms with Crippen LogP contribution in [-0.4, -0.2) is 9.97 Å². The molecule has 15 heavy (non-hydrogen) atoms. The third-order valence-corrected chi connectivity index (χ3v) is 2.03. The lowest BCUT2D eigenvalue weighted by molar-refractivity contribution is 0.456. The predicted molar refractivity (Wildman–Crippen MR) is 58.0 cm³/mol. The van der Waals surface area contributed by atoms with Crippen molar-refractivity contribution in [3.8, 4) is 11.6 Å². The predicted octanol–water partition coefficient (Wildman–Crippen LogP) is 2.89. The van der Waals surface area contributed by atoms with Gasteiger partial charge < -0.3 is 4.74 Å². The lowest BCUT2D eigenvalue weighted by Gasteiger charge is -2.06. The van der Waals surface area contributed by atoms with Gasteiger partial charge in [-0.2, -0.15) is 0 Å². The van der Waals surface area contributed by atoms with Crippen LogP contribution in [-0.2, 0) is 0 Å². The average Bonchev–Trinajstić information content (AvgIpc) is 2.24. The van der Waals surface area contributed by atoms with Gasteiger partial charge in [-0.25, -0.2) is 4.98 Å². The Morgan fingerprint density at radius 1 is 1.07 bits per heavy atom. The molecule has 2 aromatic heterocycles. The van der Waals surface area contributed by atoms with Crippen molar-refractivity contribution in [2.24, 2.45) is 0 Å². The summed E-state index contributed by atoms with van der Waals surface area (Å²) in [6.45, 7) is 3.88. The monoisotopic (exact) mass is 200 g/mol. The van der Waals surface area contributed by atoms with Crippen molar-refractivity contribution in [1.82, 2.24) is 9.97 Å². The highest BCUT2D eigenvalue weighted by molar-refractivity contribution is 5.31. The molecule has 0 saturated heterocycles. The van der Waals surface area contributed by atoms with E-state index in [0.29, 0.717) is 5.88 Å². The molecule has 76 valence electrons. The van der Waals surface area contributed by atoms with Crippen LogP contribution in [0.15, 0.2) is 36.5 Å². The maximum Gasteiger partial charge on any atom is 0.219 e. The molecular weight excluding hydrogens is 188 g/mol. The van der Waals surface area contributed by atoms with Gasteiger partial charge in [0.2, 0.25) is 5.88 Å². The van der Waals surface area contributed by atoms with Crippen molar-refractivity contribution in [1.29, 1.82) is 0 Å². The number of ether oxygens (including phenoxy) is 1. The molecular formula is C12H12N2O. The molecule has 0 atom stereocenters. The molecule has 0 radical (unpaired) electrons. The fraction of sp³-hybridized carbons (Fsp3) is 0.167. The zero-order valence-electron chi connectivity index (χ0n) is 8.77. The van der Waals surface area contributed by atoms with Gasteiger partial charge in [-0.3, -0.25) is 4.98 Å². The Morgan fingerprint density at radius 2 is 1.93 bits per heavy atom. The minimum Gasteiger partial charge on any atom is -0.437 e. The van der Waals surface area contributed by atoms with Crippen molar-refractivity contribution in [3.05, 3.63) is 47.9 Å². The lowest BCUT2D eigenvalue weighted by atomic mass is 10.3. The molecule has 2 aromatic rings. The van der Waals surface area contributed by atoms with Crippen molar-refractivity contribution < 1.29 is 4.74 Å². The van der Waals surface area contributed by atoms with Crippen LogP contribution >= 0.6 is 0 Å². The Kier molecular flexibility index (Phi) is 2.63. The SMILES string of the molecule is Cc1ccc(Oc2ccccn2)c(C)n1. The van der Waals surface area contributed by atoms with E-state index in [1.807, 2.05) is 44.2 Å². The van der Waals surface area contributed by atoms with Crippen molar-refractivity contribution >= 4 is 0 Å². The summed E-state index contributed by atoms with van der Waals surface area (Å²) in [4.78, 5) is 8.40. The molecule has 2 heterocycles. The first-order valence-electron chi connectivity index (χ1n) is 4.79. The van der Waals surface area contributed by atoms with Crippen LogP contribution in [0.4, 0.5) is 0 Å². The number of pyridine rings is 2. The van der Waals surface area contributed by atoms with Gasteiger partial charge in [-0.15, -0.1) is 0 Å². The van der Waals surface area contributed by atoms with Crippen LogP contribution in [0.2, 0.25) is 0 Å². The van der Waals surface area contributed by atoms with E-state index in [2.05, 4.69) is 9.97 Å². The molecule has 0 bridgehead atoms. The van der Waals surface area contributed by atoms with E-state index in [0.717, 1.165) is 17.1 Å². The second-order valence-corrected chi connectivity index (χ2v) is 3.31. The van der Waals surface area contributed by atoms with Crippen molar-refractivity contribution in [2.75, 3.05) is 0 Å². The van der Waals surface area contributed by atoms with E-state index in [1.165, 1.54) is 0 Å². The molecule has 0 spiro atoms. The summed E-state index contributed by atoms with van der Waals surface area (Å²) in [5.74, 6) is 1.34. The van der Waals surface area contributed by atoms with Gasteiger partial charge in [0.05, 0.1) is 5.69 Å². The number of hydrogen-bond donors (Lipinski definition) is 0. The minimum absolute atomic E-state index is 0.589. The second-order valence-electron chi connectivity index (χ2n) is 3.31. The number of nitrogens with zero attached hydrogens (tertiary/aromatic N) is 2. The van der Waals surface area contributed by atoms with Gasteiger partial charge in [-0.1, -0.05) is 6.07 Å². The summed E-state index contributed by atoms with van der Waals surface area (Å²) in [5, 5.41) is 0. The number of hydrogen-bond acceptors (Lipinski definition) is 3. The summed E-state index contributed by atoms with van der Waals surface area (Å²) in [6.07, 6.45) is 1.70. The van der Waals surface area contributed by atoms with Crippen molar-refractivity contribution in [3.63, 3.8) is 0 Å². The molecule has 0 fully saturated rings. The van der Waals surface area contributed by atoms with Gasteiger partial charge in [0, 0.05) is 18.0 Å². The summed E-state index contributed by atoms with van der Waals surface area (Å²) in [6, 6.07) is 9.39. The molecule has 0 aromatic carbocycles. The first-order valence-corrected chi connectivity index (χ1v) is 4.79. The molecule has 3 heteroatoms. The minimum atomic E-state index is 0.589. The maximum atomic E-state index is 5.59. The zero-order chi connectivity index (χ0) is 10.7. The van der Waals surface area contributed by atoms with Gasteiger partial charge in [-0.05, 0) is 32.0 Å². The molecule has 2 rings (SSSR count). The second kappa shape index (κ2) is 4.09. The maximum absolute atomic E-state index is 5.59. The third kappa shape index (κ3) is 2.31. The Morgan fingerprint density at radius 3 is 2.60 bits per heavy atom. The highest BCUT2D eigenvalue weighted by Gasteiger charge is 2.02. The number of aryl methyl sites for hydroxylation is 2. The standard InChI is InChI=1S/C12H12N2O/c1-9-6-7-11(10(2)14-9)15-12-5-3-4-8-13-12/h3-8H,1-2H3. The van der Waals surface area contributed by atoms with E-state index < -0.39 is 0 Å². The normalized spacial score (nSPS) is 10.0. The van der Waals surface area contributed by atoms with Crippen LogP contribution < -0.4 is 4.74 Å². The fourth-order valence-corrected chi connectivity index (χ4v) is 1.30. The Balaban J connectivity index is 2.25. The van der Waals surface area contributed by atoms with E-state index in [4.69, 9.17) is 4.74 Å². The summed E-state index contributed by atoms with van der Waals surface area (Å²) >= 11 is 0. The van der Waals surface area contributed by atoms with Crippen molar-refractivity contribution in [2.45, 2.75) is 13.8 Å². The van der Waals surface area contributed by atoms with E-state index in [1.54, 1.807) is 6.20 Å². The molecule has 0 aliphatic heterocycles. The first kappa shape index (κ1) is 9.65. The Labute approximate surface area is 88.8 Å². The fourth-order valence-electron chi connectivity index (χ4n) is 1.30. The van der Waals surface area contributed by atoms with Gasteiger partial charge in [0.15, 0.2) is 5.75 Å². The Hall–Kier alpha value is -1.90. The van der Waals surface area contributed by atoms with Crippen LogP contribution in [0.3, 0.4) is 0 Å². The van der Waals surface area contributed by atoms with Crippen LogP contribution in [0, 0.1) is 13.8 Å². The first-order chi connectivity index (χ1) is 7.25. The van der Waals surface area contributed by atoms with Gasteiger partial charge >= 0.3 is 0 Å². The molecule has 0 saturated carbocycles. The molecule has 0 unspecified atom stereocenters. The van der Waals surface area contributed by atoms with Gasteiger partial charge in [0.25, 0.3) is 0 Å². The summed E-state index contributed by atoms with van der Waals surface area (Å²) < 4.78 is 5.59. The van der Waals surface area contributed by atoms with Crippen LogP contribution in [0.5, 0.6) is 11.6 Å².